The summed E-state index contributed by atoms with van der Waals surface area (Å²) in [5, 5.41) is 6.80. The van der Waals surface area contributed by atoms with E-state index in [1.165, 1.54) is 24.8 Å². The monoisotopic (exact) mass is 298 g/mol. The molecule has 1 aromatic carbocycles. The second kappa shape index (κ2) is 8.37. The van der Waals surface area contributed by atoms with Crippen molar-refractivity contribution < 1.29 is 0 Å². The second-order valence-corrected chi connectivity index (χ2v) is 5.46. The Morgan fingerprint density at radius 3 is 2.55 bits per heavy atom. The SMILES string of the molecule is CCCCCNc1cc(Nc2ccccc2CC)nc(C)n1. The van der Waals surface area contributed by atoms with Crippen molar-refractivity contribution in [2.75, 3.05) is 17.2 Å². The summed E-state index contributed by atoms with van der Waals surface area (Å²) in [4.78, 5) is 8.94. The molecule has 1 heterocycles. The van der Waals surface area contributed by atoms with Crippen molar-refractivity contribution in [3.63, 3.8) is 0 Å². The Morgan fingerprint density at radius 2 is 1.77 bits per heavy atom. The fraction of sp³-hybridized carbons (Fsp3) is 0.444. The van der Waals surface area contributed by atoms with Crippen LogP contribution in [-0.4, -0.2) is 16.5 Å². The molecule has 0 bridgehead atoms. The van der Waals surface area contributed by atoms with E-state index in [4.69, 9.17) is 0 Å². The highest BCUT2D eigenvalue weighted by atomic mass is 15.1. The molecule has 0 aliphatic heterocycles. The molecule has 0 saturated carbocycles. The Labute approximate surface area is 133 Å². The number of nitrogens with one attached hydrogen (secondary N) is 2. The topological polar surface area (TPSA) is 49.8 Å². The molecule has 0 amide bonds. The molecule has 0 aliphatic carbocycles. The first-order valence-corrected chi connectivity index (χ1v) is 8.17. The molecule has 22 heavy (non-hydrogen) atoms. The van der Waals surface area contributed by atoms with Gasteiger partial charge in [0.15, 0.2) is 0 Å². The number of anilines is 3. The molecule has 2 aromatic rings. The quantitative estimate of drug-likeness (QED) is 0.694. The Hall–Kier alpha value is -2.10. The van der Waals surface area contributed by atoms with E-state index in [1.807, 2.05) is 19.1 Å². The first-order chi connectivity index (χ1) is 10.7. The smallest absolute Gasteiger partial charge is 0.136 e. The molecule has 0 spiro atoms. The summed E-state index contributed by atoms with van der Waals surface area (Å²) in [6.07, 6.45) is 4.63. The molecule has 0 atom stereocenters. The highest BCUT2D eigenvalue weighted by Crippen LogP contribution is 2.21. The molecule has 2 rings (SSSR count). The van der Waals surface area contributed by atoms with E-state index in [9.17, 15) is 0 Å². The van der Waals surface area contributed by atoms with E-state index >= 15 is 0 Å². The van der Waals surface area contributed by atoms with Gasteiger partial charge in [0, 0.05) is 18.3 Å². The minimum Gasteiger partial charge on any atom is -0.370 e. The fourth-order valence-electron chi connectivity index (χ4n) is 2.40. The molecule has 4 nitrogen and oxygen atoms in total. The standard InChI is InChI=1S/C18H26N4/c1-4-6-9-12-19-17-13-18(21-14(3)20-17)22-16-11-8-7-10-15(16)5-2/h7-8,10-11,13H,4-6,9,12H2,1-3H3,(H2,19,20,21,22). The highest BCUT2D eigenvalue weighted by molar-refractivity contribution is 5.62. The van der Waals surface area contributed by atoms with Gasteiger partial charge in [-0.15, -0.1) is 0 Å². The number of benzene rings is 1. The van der Waals surface area contributed by atoms with Crippen molar-refractivity contribution in [1.82, 2.24) is 9.97 Å². The van der Waals surface area contributed by atoms with Gasteiger partial charge in [-0.05, 0) is 31.4 Å². The zero-order valence-corrected chi connectivity index (χ0v) is 13.8. The predicted octanol–water partition coefficient (Wildman–Crippen LogP) is 4.69. The Kier molecular flexibility index (Phi) is 6.19. The number of hydrogen-bond donors (Lipinski definition) is 2. The van der Waals surface area contributed by atoms with Crippen LogP contribution in [0.5, 0.6) is 0 Å². The van der Waals surface area contributed by atoms with Crippen LogP contribution >= 0.6 is 0 Å². The van der Waals surface area contributed by atoms with Crippen molar-refractivity contribution >= 4 is 17.3 Å². The van der Waals surface area contributed by atoms with Crippen LogP contribution in [0.4, 0.5) is 17.3 Å². The molecule has 0 saturated heterocycles. The minimum absolute atomic E-state index is 0.775. The van der Waals surface area contributed by atoms with Gasteiger partial charge in [0.05, 0.1) is 0 Å². The summed E-state index contributed by atoms with van der Waals surface area (Å²) in [5.41, 5.74) is 2.40. The van der Waals surface area contributed by atoms with Gasteiger partial charge in [-0.25, -0.2) is 9.97 Å². The van der Waals surface area contributed by atoms with Gasteiger partial charge < -0.3 is 10.6 Å². The second-order valence-electron chi connectivity index (χ2n) is 5.46. The summed E-state index contributed by atoms with van der Waals surface area (Å²) in [5.74, 6) is 2.50. The van der Waals surface area contributed by atoms with Gasteiger partial charge in [0.1, 0.15) is 17.5 Å². The van der Waals surface area contributed by atoms with E-state index in [0.29, 0.717) is 0 Å². The van der Waals surface area contributed by atoms with E-state index in [2.05, 4.69) is 52.6 Å². The average Bonchev–Trinajstić information content (AvgIpc) is 2.52. The third-order valence-electron chi connectivity index (χ3n) is 3.59. The molecule has 0 aliphatic rings. The van der Waals surface area contributed by atoms with Gasteiger partial charge in [-0.3, -0.25) is 0 Å². The lowest BCUT2D eigenvalue weighted by molar-refractivity contribution is 0.742. The summed E-state index contributed by atoms with van der Waals surface area (Å²) in [6.45, 7) is 7.25. The molecule has 0 fully saturated rings. The van der Waals surface area contributed by atoms with Crippen LogP contribution in [-0.2, 0) is 6.42 Å². The van der Waals surface area contributed by atoms with Crippen molar-refractivity contribution in [2.24, 2.45) is 0 Å². The lowest BCUT2D eigenvalue weighted by Crippen LogP contribution is -2.06. The Balaban J connectivity index is 2.09. The molecular formula is C18H26N4. The Bertz CT molecular complexity index is 595. The number of hydrogen-bond acceptors (Lipinski definition) is 4. The molecule has 4 heteroatoms. The molecule has 118 valence electrons. The van der Waals surface area contributed by atoms with Gasteiger partial charge in [-0.1, -0.05) is 44.9 Å². The summed E-state index contributed by atoms with van der Waals surface area (Å²) in [7, 11) is 0. The van der Waals surface area contributed by atoms with Crippen molar-refractivity contribution in [3.8, 4) is 0 Å². The van der Waals surface area contributed by atoms with Gasteiger partial charge >= 0.3 is 0 Å². The van der Waals surface area contributed by atoms with E-state index in [-0.39, 0.29) is 0 Å². The third-order valence-corrected chi connectivity index (χ3v) is 3.59. The maximum atomic E-state index is 4.49. The maximum absolute atomic E-state index is 4.49. The summed E-state index contributed by atoms with van der Waals surface area (Å²) >= 11 is 0. The fourth-order valence-corrected chi connectivity index (χ4v) is 2.40. The van der Waals surface area contributed by atoms with Crippen LogP contribution in [0.2, 0.25) is 0 Å². The third kappa shape index (κ3) is 4.72. The zero-order chi connectivity index (χ0) is 15.8. The first-order valence-electron chi connectivity index (χ1n) is 8.17. The van der Waals surface area contributed by atoms with Crippen molar-refractivity contribution in [3.05, 3.63) is 41.7 Å². The Morgan fingerprint density at radius 1 is 1.00 bits per heavy atom. The number of aryl methyl sites for hydroxylation is 2. The normalized spacial score (nSPS) is 10.5. The van der Waals surface area contributed by atoms with Crippen LogP contribution < -0.4 is 10.6 Å². The predicted molar refractivity (Wildman–Crippen MR) is 93.9 cm³/mol. The summed E-state index contributed by atoms with van der Waals surface area (Å²) in [6, 6.07) is 10.3. The van der Waals surface area contributed by atoms with E-state index < -0.39 is 0 Å². The highest BCUT2D eigenvalue weighted by Gasteiger charge is 2.04. The zero-order valence-electron chi connectivity index (χ0n) is 13.8. The number of unbranched alkanes of at least 4 members (excludes halogenated alkanes) is 2. The van der Waals surface area contributed by atoms with Crippen molar-refractivity contribution in [1.29, 1.82) is 0 Å². The van der Waals surface area contributed by atoms with Gasteiger partial charge in [-0.2, -0.15) is 0 Å². The van der Waals surface area contributed by atoms with Crippen LogP contribution in [0.1, 0.15) is 44.5 Å². The molecule has 2 N–H and O–H groups in total. The van der Waals surface area contributed by atoms with Crippen LogP contribution in [0.25, 0.3) is 0 Å². The maximum Gasteiger partial charge on any atom is 0.136 e. The molecule has 0 radical (unpaired) electrons. The van der Waals surface area contributed by atoms with Crippen molar-refractivity contribution in [2.45, 2.75) is 46.5 Å². The van der Waals surface area contributed by atoms with E-state index in [0.717, 1.165) is 36.1 Å². The van der Waals surface area contributed by atoms with Crippen LogP contribution in [0.15, 0.2) is 30.3 Å². The average molecular weight is 298 g/mol. The van der Waals surface area contributed by atoms with Crippen LogP contribution in [0, 0.1) is 6.92 Å². The van der Waals surface area contributed by atoms with E-state index in [1.54, 1.807) is 0 Å². The van der Waals surface area contributed by atoms with Gasteiger partial charge in [0.25, 0.3) is 0 Å². The lowest BCUT2D eigenvalue weighted by Gasteiger charge is -2.12. The molecular weight excluding hydrogens is 272 g/mol. The minimum atomic E-state index is 0.775. The lowest BCUT2D eigenvalue weighted by atomic mass is 10.1. The summed E-state index contributed by atoms with van der Waals surface area (Å²) < 4.78 is 0. The van der Waals surface area contributed by atoms with Crippen LogP contribution in [0.3, 0.4) is 0 Å². The number of rotatable bonds is 8. The van der Waals surface area contributed by atoms with Gasteiger partial charge in [0.2, 0.25) is 0 Å². The first kappa shape index (κ1) is 16.3. The number of aromatic nitrogens is 2. The molecule has 1 aromatic heterocycles. The number of para-hydroxylation sites is 1. The number of nitrogens with zero attached hydrogens (tertiary/aromatic N) is 2. The molecule has 0 unspecified atom stereocenters. The largest absolute Gasteiger partial charge is 0.370 e.